The molecule has 32 heavy (non-hydrogen) atoms. The van der Waals surface area contributed by atoms with E-state index in [9.17, 15) is 14.4 Å². The Balaban J connectivity index is 1.37. The lowest BCUT2D eigenvalue weighted by Gasteiger charge is -2.27. The summed E-state index contributed by atoms with van der Waals surface area (Å²) in [5, 5.41) is 4.27. The molecule has 0 unspecified atom stereocenters. The highest BCUT2D eigenvalue weighted by Crippen LogP contribution is 2.33. The van der Waals surface area contributed by atoms with Crippen LogP contribution in [-0.2, 0) is 4.79 Å². The van der Waals surface area contributed by atoms with Crippen molar-refractivity contribution in [3.05, 3.63) is 100 Å². The number of benzene rings is 3. The minimum absolute atomic E-state index is 0.337. The molecule has 0 fully saturated rings. The van der Waals surface area contributed by atoms with Crippen molar-refractivity contribution < 1.29 is 18.8 Å². The van der Waals surface area contributed by atoms with E-state index in [1.807, 2.05) is 12.1 Å². The molecule has 1 aliphatic rings. The van der Waals surface area contributed by atoms with Gasteiger partial charge in [-0.3, -0.25) is 14.4 Å². The van der Waals surface area contributed by atoms with Gasteiger partial charge in [0.25, 0.3) is 11.8 Å². The van der Waals surface area contributed by atoms with Crippen molar-refractivity contribution in [2.45, 2.75) is 0 Å². The van der Waals surface area contributed by atoms with Crippen molar-refractivity contribution in [2.75, 3.05) is 10.2 Å². The first-order chi connectivity index (χ1) is 15.5. The number of halogens is 1. The van der Waals surface area contributed by atoms with E-state index in [0.29, 0.717) is 38.3 Å². The van der Waals surface area contributed by atoms with Crippen LogP contribution in [0.15, 0.2) is 88.0 Å². The molecule has 0 aliphatic carbocycles. The third-order valence-corrected chi connectivity index (χ3v) is 5.58. The molecule has 7 heteroatoms. The monoisotopic (exact) mass is 486 g/mol. The highest BCUT2D eigenvalue weighted by molar-refractivity contribution is 9.10. The standard InChI is InChI=1S/C25H15BrN2O4/c26-21-13-11-18(32-21)12-14-22(29)27-16-7-9-17(10-8-16)28-24(30)19-5-1-3-15-4-2-6-20(23(15)19)25(28)31/h1-14H,(H,27,29). The molecular weight excluding hydrogens is 472 g/mol. The first kappa shape index (κ1) is 20.0. The second-order valence-electron chi connectivity index (χ2n) is 7.17. The van der Waals surface area contributed by atoms with Gasteiger partial charge < -0.3 is 9.73 Å². The van der Waals surface area contributed by atoms with Crippen LogP contribution >= 0.6 is 15.9 Å². The fraction of sp³-hybridized carbons (Fsp3) is 0. The lowest BCUT2D eigenvalue weighted by atomic mass is 9.94. The molecule has 156 valence electrons. The maximum atomic E-state index is 13.1. The van der Waals surface area contributed by atoms with Crippen molar-refractivity contribution in [3.8, 4) is 0 Å². The summed E-state index contributed by atoms with van der Waals surface area (Å²) in [5.74, 6) is -0.539. The van der Waals surface area contributed by atoms with Crippen molar-refractivity contribution in [1.82, 2.24) is 0 Å². The smallest absolute Gasteiger partial charge is 0.265 e. The topological polar surface area (TPSA) is 79.6 Å². The van der Waals surface area contributed by atoms with E-state index >= 15 is 0 Å². The first-order valence-corrected chi connectivity index (χ1v) is 10.6. The summed E-state index contributed by atoms with van der Waals surface area (Å²) < 4.78 is 5.89. The van der Waals surface area contributed by atoms with Crippen molar-refractivity contribution in [2.24, 2.45) is 0 Å². The molecule has 0 saturated carbocycles. The average molecular weight is 487 g/mol. The molecule has 5 rings (SSSR count). The SMILES string of the molecule is O=C(C=Cc1ccc(Br)o1)Nc1ccc(N2C(=O)c3cccc4cccc(c34)C2=O)cc1. The van der Waals surface area contributed by atoms with E-state index in [0.717, 1.165) is 10.3 Å². The summed E-state index contributed by atoms with van der Waals surface area (Å²) in [6, 6.07) is 20.9. The predicted molar refractivity (Wildman–Crippen MR) is 126 cm³/mol. The van der Waals surface area contributed by atoms with Crippen LogP contribution in [0.2, 0.25) is 0 Å². The highest BCUT2D eigenvalue weighted by Gasteiger charge is 2.33. The Morgan fingerprint density at radius 1 is 0.875 bits per heavy atom. The molecule has 1 N–H and O–H groups in total. The Hall–Kier alpha value is -3.97. The lowest BCUT2D eigenvalue weighted by molar-refractivity contribution is -0.111. The normalized spacial score (nSPS) is 13.2. The van der Waals surface area contributed by atoms with Crippen LogP contribution < -0.4 is 10.2 Å². The van der Waals surface area contributed by atoms with E-state index in [4.69, 9.17) is 4.42 Å². The predicted octanol–water partition coefficient (Wildman–Crippen LogP) is 5.65. The molecule has 0 saturated heterocycles. The van der Waals surface area contributed by atoms with E-state index < -0.39 is 0 Å². The van der Waals surface area contributed by atoms with Crippen molar-refractivity contribution >= 4 is 61.9 Å². The van der Waals surface area contributed by atoms with E-state index in [2.05, 4.69) is 21.2 Å². The van der Waals surface area contributed by atoms with Gasteiger partial charge in [-0.15, -0.1) is 0 Å². The second kappa shape index (κ2) is 7.94. The van der Waals surface area contributed by atoms with Gasteiger partial charge in [-0.25, -0.2) is 4.90 Å². The zero-order valence-electron chi connectivity index (χ0n) is 16.5. The number of imide groups is 1. The van der Waals surface area contributed by atoms with E-state index in [-0.39, 0.29) is 17.7 Å². The van der Waals surface area contributed by atoms with Gasteiger partial charge in [-0.05, 0) is 75.9 Å². The molecule has 3 amide bonds. The first-order valence-electron chi connectivity index (χ1n) is 9.76. The summed E-state index contributed by atoms with van der Waals surface area (Å²) in [6.45, 7) is 0. The van der Waals surface area contributed by atoms with Gasteiger partial charge in [-0.2, -0.15) is 0 Å². The molecule has 1 aromatic heterocycles. The van der Waals surface area contributed by atoms with Crippen LogP contribution in [0.3, 0.4) is 0 Å². The Morgan fingerprint density at radius 2 is 1.53 bits per heavy atom. The van der Waals surface area contributed by atoms with Crippen LogP contribution in [0.1, 0.15) is 26.5 Å². The lowest BCUT2D eigenvalue weighted by Crippen LogP contribution is -2.40. The Labute approximate surface area is 191 Å². The maximum Gasteiger partial charge on any atom is 0.265 e. The summed E-state index contributed by atoms with van der Waals surface area (Å²) in [6.07, 6.45) is 2.91. The summed E-state index contributed by atoms with van der Waals surface area (Å²) in [7, 11) is 0. The number of furan rings is 1. The average Bonchev–Trinajstić information content (AvgIpc) is 3.22. The number of amides is 3. The molecular formula is C25H15BrN2O4. The van der Waals surface area contributed by atoms with Gasteiger partial charge in [0.15, 0.2) is 4.67 Å². The van der Waals surface area contributed by atoms with Gasteiger partial charge in [0.05, 0.1) is 5.69 Å². The molecule has 0 bridgehead atoms. The van der Waals surface area contributed by atoms with Crippen molar-refractivity contribution in [1.29, 1.82) is 0 Å². The van der Waals surface area contributed by atoms with E-state index in [1.54, 1.807) is 66.7 Å². The van der Waals surface area contributed by atoms with Crippen LogP contribution in [0.25, 0.3) is 16.8 Å². The van der Waals surface area contributed by atoms with Crippen LogP contribution in [0.4, 0.5) is 11.4 Å². The Bertz CT molecular complexity index is 1370. The van der Waals surface area contributed by atoms with E-state index in [1.165, 1.54) is 6.08 Å². The molecule has 1 aliphatic heterocycles. The maximum absolute atomic E-state index is 13.1. The fourth-order valence-corrected chi connectivity index (χ4v) is 4.04. The van der Waals surface area contributed by atoms with Gasteiger partial charge in [-0.1, -0.05) is 24.3 Å². The third kappa shape index (κ3) is 3.52. The third-order valence-electron chi connectivity index (χ3n) is 5.16. The molecule has 0 atom stereocenters. The van der Waals surface area contributed by atoms with Crippen LogP contribution in [0.5, 0.6) is 0 Å². The zero-order valence-corrected chi connectivity index (χ0v) is 18.1. The molecule has 0 radical (unpaired) electrons. The van der Waals surface area contributed by atoms with Gasteiger partial charge in [0.1, 0.15) is 5.76 Å². The van der Waals surface area contributed by atoms with Crippen LogP contribution in [0, 0.1) is 0 Å². The molecule has 6 nitrogen and oxygen atoms in total. The zero-order chi connectivity index (χ0) is 22.2. The summed E-state index contributed by atoms with van der Waals surface area (Å²) in [4.78, 5) is 39.5. The molecule has 4 aromatic rings. The van der Waals surface area contributed by atoms with Gasteiger partial charge in [0.2, 0.25) is 5.91 Å². The minimum Gasteiger partial charge on any atom is -0.450 e. The number of carbonyl (C=O) groups is 3. The summed E-state index contributed by atoms with van der Waals surface area (Å²) in [5.41, 5.74) is 1.94. The second-order valence-corrected chi connectivity index (χ2v) is 7.95. The number of anilines is 2. The largest absolute Gasteiger partial charge is 0.450 e. The summed E-state index contributed by atoms with van der Waals surface area (Å²) >= 11 is 3.21. The number of hydrogen-bond donors (Lipinski definition) is 1. The number of carbonyl (C=O) groups excluding carboxylic acids is 3. The minimum atomic E-state index is -0.372. The van der Waals surface area contributed by atoms with Gasteiger partial charge >= 0.3 is 0 Å². The van der Waals surface area contributed by atoms with Gasteiger partial charge in [0, 0.05) is 28.3 Å². The number of nitrogens with zero attached hydrogens (tertiary/aromatic N) is 1. The Kier molecular flexibility index (Phi) is 4.95. The van der Waals surface area contributed by atoms with Crippen LogP contribution in [-0.4, -0.2) is 17.7 Å². The molecule has 3 aromatic carbocycles. The number of hydrogen-bond acceptors (Lipinski definition) is 4. The molecule has 2 heterocycles. The van der Waals surface area contributed by atoms with Crippen molar-refractivity contribution in [3.63, 3.8) is 0 Å². The highest BCUT2D eigenvalue weighted by atomic mass is 79.9. The Morgan fingerprint density at radius 3 is 2.12 bits per heavy atom. The number of nitrogens with one attached hydrogen (secondary N) is 1. The fourth-order valence-electron chi connectivity index (χ4n) is 3.72. The number of rotatable bonds is 4. The molecule has 0 spiro atoms. The quantitative estimate of drug-likeness (QED) is 0.298.